The Hall–Kier alpha value is 1.31. The molecule has 0 bridgehead atoms. The van der Waals surface area contributed by atoms with Crippen LogP contribution < -0.4 is 0 Å². The normalized spacial score (nSPS) is 26.7. The molecule has 2 unspecified atom stereocenters. The molecule has 19 heavy (non-hydrogen) atoms. The molecule has 0 aromatic carbocycles. The zero-order valence-electron chi connectivity index (χ0n) is 9.69. The van der Waals surface area contributed by atoms with E-state index in [9.17, 15) is 9.59 Å². The summed E-state index contributed by atoms with van der Waals surface area (Å²) < 4.78 is -0.630. The standard InChI is InChI=1S/C10H9Cl4NO2S.Pb.2H/c11-9(12)10(13,14)18-15-7(16)5-3-1-2-4-6(5)8(15)17;;;/h1-2,5-6,9H,3-4H2;;;. The Morgan fingerprint density at radius 2 is 1.58 bits per heavy atom. The number of allylic oxidation sites excluding steroid dienone is 2. The Balaban J connectivity index is 0.00000180. The minimum absolute atomic E-state index is 0. The summed E-state index contributed by atoms with van der Waals surface area (Å²) in [6, 6.07) is 0. The van der Waals surface area contributed by atoms with Crippen molar-refractivity contribution in [2.24, 2.45) is 11.8 Å². The van der Waals surface area contributed by atoms with Crippen molar-refractivity contribution in [2.75, 3.05) is 0 Å². The van der Waals surface area contributed by atoms with Crippen LogP contribution >= 0.6 is 58.4 Å². The number of halogens is 4. The van der Waals surface area contributed by atoms with Gasteiger partial charge in [0.05, 0.1) is 11.8 Å². The predicted octanol–water partition coefficient (Wildman–Crippen LogP) is 2.60. The van der Waals surface area contributed by atoms with Crippen LogP contribution in [0.1, 0.15) is 12.8 Å². The van der Waals surface area contributed by atoms with Crippen molar-refractivity contribution in [3.05, 3.63) is 12.2 Å². The van der Waals surface area contributed by atoms with E-state index in [0.717, 1.165) is 4.31 Å². The molecule has 2 atom stereocenters. The Bertz CT molecular complexity index is 392. The second-order valence-electron chi connectivity index (χ2n) is 4.08. The number of hydrogen-bond donors (Lipinski definition) is 0. The average molecular weight is 558 g/mol. The van der Waals surface area contributed by atoms with E-state index in [1.807, 2.05) is 12.2 Å². The first kappa shape index (κ1) is 18.4. The molecule has 1 aliphatic carbocycles. The van der Waals surface area contributed by atoms with Crippen molar-refractivity contribution in [3.63, 3.8) is 0 Å². The van der Waals surface area contributed by atoms with Gasteiger partial charge in [0.15, 0.2) is 4.84 Å². The zero-order valence-corrected chi connectivity index (χ0v) is 19.0. The Kier molecular flexibility index (Phi) is 6.81. The van der Waals surface area contributed by atoms with Crippen LogP contribution in [0.2, 0.25) is 0 Å². The van der Waals surface area contributed by atoms with E-state index in [4.69, 9.17) is 46.4 Å². The number of amides is 2. The maximum atomic E-state index is 12.1. The molecule has 2 rings (SSSR count). The van der Waals surface area contributed by atoms with Crippen molar-refractivity contribution in [3.8, 4) is 0 Å². The van der Waals surface area contributed by atoms with Gasteiger partial charge < -0.3 is 0 Å². The third-order valence-electron chi connectivity index (χ3n) is 2.93. The van der Waals surface area contributed by atoms with Gasteiger partial charge in [-0.05, 0) is 12.8 Å². The number of imide groups is 1. The van der Waals surface area contributed by atoms with Gasteiger partial charge in [0.2, 0.25) is 15.5 Å². The molecule has 0 aromatic heterocycles. The van der Waals surface area contributed by atoms with Crippen LogP contribution in [0.4, 0.5) is 0 Å². The van der Waals surface area contributed by atoms with Gasteiger partial charge >= 0.3 is 27.3 Å². The summed E-state index contributed by atoms with van der Waals surface area (Å²) in [6.45, 7) is 0. The Morgan fingerprint density at radius 1 is 1.16 bits per heavy atom. The van der Waals surface area contributed by atoms with Gasteiger partial charge in [0, 0.05) is 11.9 Å². The van der Waals surface area contributed by atoms with E-state index < -0.39 is 8.50 Å². The van der Waals surface area contributed by atoms with Gasteiger partial charge in [-0.1, -0.05) is 35.4 Å². The summed E-state index contributed by atoms with van der Waals surface area (Å²) in [5, 5.41) is 0. The van der Waals surface area contributed by atoms with Gasteiger partial charge in [0.25, 0.3) is 0 Å². The Morgan fingerprint density at radius 3 is 1.95 bits per heavy atom. The first-order valence-corrected chi connectivity index (χ1v) is 7.62. The summed E-state index contributed by atoms with van der Waals surface area (Å²) in [7, 11) is 0. The molecule has 0 aromatic rings. The summed E-state index contributed by atoms with van der Waals surface area (Å²) in [4.78, 5) is 23.1. The van der Waals surface area contributed by atoms with Gasteiger partial charge in [-0.3, -0.25) is 9.59 Å². The SMILES string of the molecule is O=C1C2CC=CCC2C(=O)N1SC(Cl)(Cl)C(Cl)Cl.[PbH2]. The molecule has 1 heterocycles. The van der Waals surface area contributed by atoms with Crippen LogP contribution in [0.5, 0.6) is 0 Å². The van der Waals surface area contributed by atoms with Crippen LogP contribution in [0, 0.1) is 11.8 Å². The van der Waals surface area contributed by atoms with E-state index >= 15 is 0 Å². The molecule has 3 nitrogen and oxygen atoms in total. The van der Waals surface area contributed by atoms with Gasteiger partial charge in [-0.2, -0.15) is 0 Å². The number of fused-ring (bicyclic) bond motifs is 1. The monoisotopic (exact) mass is 557 g/mol. The zero-order chi connectivity index (χ0) is 13.5. The Labute approximate surface area is 155 Å². The number of carbonyl (C=O) groups excluding carboxylic acids is 2. The molecule has 106 valence electrons. The molecule has 2 amide bonds. The third kappa shape index (κ3) is 3.75. The number of nitrogens with zero attached hydrogens (tertiary/aromatic N) is 1. The summed E-state index contributed by atoms with van der Waals surface area (Å²) in [6.07, 6.45) is 4.94. The topological polar surface area (TPSA) is 37.4 Å². The van der Waals surface area contributed by atoms with Crippen LogP contribution in [0.25, 0.3) is 0 Å². The first-order valence-electron chi connectivity index (χ1n) is 5.22. The van der Waals surface area contributed by atoms with Crippen LogP contribution in [-0.2, 0) is 9.59 Å². The van der Waals surface area contributed by atoms with Crippen molar-refractivity contribution in [1.29, 1.82) is 0 Å². The molecule has 1 fully saturated rings. The van der Waals surface area contributed by atoms with Crippen molar-refractivity contribution in [2.45, 2.75) is 21.3 Å². The van der Waals surface area contributed by atoms with E-state index in [1.54, 1.807) is 0 Å². The predicted molar refractivity (Wildman–Crippen MR) is 83.3 cm³/mol. The molecule has 0 spiro atoms. The van der Waals surface area contributed by atoms with Gasteiger partial charge in [-0.15, -0.1) is 23.2 Å². The molecule has 1 saturated heterocycles. The van der Waals surface area contributed by atoms with Crippen molar-refractivity contribution < 1.29 is 9.59 Å². The fraction of sp³-hybridized carbons (Fsp3) is 0.600. The van der Waals surface area contributed by atoms with E-state index in [0.29, 0.717) is 24.8 Å². The molecule has 2 radical (unpaired) electrons. The average Bonchev–Trinajstić information content (AvgIpc) is 2.55. The van der Waals surface area contributed by atoms with E-state index in [-0.39, 0.29) is 50.9 Å². The van der Waals surface area contributed by atoms with Crippen LogP contribution in [-0.4, -0.2) is 51.9 Å². The third-order valence-corrected chi connectivity index (χ3v) is 6.17. The number of hydrogen-bond acceptors (Lipinski definition) is 3. The quantitative estimate of drug-likeness (QED) is 0.176. The van der Waals surface area contributed by atoms with Crippen molar-refractivity contribution in [1.82, 2.24) is 4.31 Å². The molecular formula is C10H11Cl4NO2PbS. The summed E-state index contributed by atoms with van der Waals surface area (Å²) in [5.74, 6) is -1.19. The molecule has 2 aliphatic rings. The van der Waals surface area contributed by atoms with Crippen molar-refractivity contribution >= 4 is 97.5 Å². The fourth-order valence-electron chi connectivity index (χ4n) is 2.02. The molecule has 0 N–H and O–H groups in total. The molecule has 1 aliphatic heterocycles. The molecule has 0 saturated carbocycles. The fourth-order valence-corrected chi connectivity index (χ4v) is 3.45. The van der Waals surface area contributed by atoms with E-state index in [2.05, 4.69) is 0 Å². The summed E-state index contributed by atoms with van der Waals surface area (Å²) in [5.41, 5.74) is 0. The minimum atomic E-state index is -1.63. The second-order valence-corrected chi connectivity index (χ2v) is 8.20. The van der Waals surface area contributed by atoms with Crippen LogP contribution in [0.3, 0.4) is 0 Å². The maximum absolute atomic E-state index is 12.1. The van der Waals surface area contributed by atoms with Gasteiger partial charge in [0.1, 0.15) is 0 Å². The van der Waals surface area contributed by atoms with Gasteiger partial charge in [-0.25, -0.2) is 4.31 Å². The molecular weight excluding hydrogens is 547 g/mol. The second kappa shape index (κ2) is 7.05. The number of rotatable bonds is 3. The van der Waals surface area contributed by atoms with E-state index in [1.165, 1.54) is 0 Å². The first-order chi connectivity index (χ1) is 8.34. The molecule has 9 heteroatoms. The number of alkyl halides is 4. The number of carbonyl (C=O) groups is 2. The summed E-state index contributed by atoms with van der Waals surface area (Å²) >= 11 is 23.7. The van der Waals surface area contributed by atoms with Crippen LogP contribution in [0.15, 0.2) is 12.2 Å².